The van der Waals surface area contributed by atoms with E-state index in [9.17, 15) is 4.79 Å². The van der Waals surface area contributed by atoms with Crippen molar-refractivity contribution < 1.29 is 9.53 Å². The largest absolute Gasteiger partial charge is 0.495 e. The summed E-state index contributed by atoms with van der Waals surface area (Å²) in [6.45, 7) is 1.81. The van der Waals surface area contributed by atoms with Crippen LogP contribution >= 0.6 is 23.4 Å². The molecule has 1 N–H and O–H groups in total. The highest BCUT2D eigenvalue weighted by Gasteiger charge is 2.19. The van der Waals surface area contributed by atoms with E-state index in [1.54, 1.807) is 42.3 Å². The quantitative estimate of drug-likeness (QED) is 0.645. The number of nitrogens with zero attached hydrogens (tertiary/aromatic N) is 3. The van der Waals surface area contributed by atoms with Gasteiger partial charge in [0.05, 0.1) is 18.0 Å². The lowest BCUT2D eigenvalue weighted by Gasteiger charge is -2.14. The molecule has 6 nitrogen and oxygen atoms in total. The maximum atomic E-state index is 12.5. The number of aromatic nitrogens is 3. The average molecular weight is 389 g/mol. The summed E-state index contributed by atoms with van der Waals surface area (Å²) >= 11 is 7.26. The van der Waals surface area contributed by atoms with Gasteiger partial charge < -0.3 is 10.1 Å². The van der Waals surface area contributed by atoms with E-state index in [4.69, 9.17) is 16.3 Å². The fraction of sp³-hybridized carbons (Fsp3) is 0.167. The molecule has 26 heavy (non-hydrogen) atoms. The van der Waals surface area contributed by atoms with E-state index >= 15 is 0 Å². The summed E-state index contributed by atoms with van der Waals surface area (Å²) in [6, 6.07) is 14.6. The number of carbonyl (C=O) groups is 1. The molecule has 0 aliphatic carbocycles. The van der Waals surface area contributed by atoms with Crippen molar-refractivity contribution in [2.45, 2.75) is 17.3 Å². The maximum Gasteiger partial charge on any atom is 0.237 e. The lowest BCUT2D eigenvalue weighted by Crippen LogP contribution is -2.22. The number of thioether (sulfide) groups is 1. The molecule has 0 aliphatic rings. The van der Waals surface area contributed by atoms with E-state index in [-0.39, 0.29) is 11.2 Å². The van der Waals surface area contributed by atoms with Crippen LogP contribution in [0.5, 0.6) is 5.75 Å². The number of halogens is 1. The molecule has 0 bridgehead atoms. The number of hydrogen-bond donors (Lipinski definition) is 1. The molecule has 0 saturated heterocycles. The molecule has 0 radical (unpaired) electrons. The van der Waals surface area contributed by atoms with Gasteiger partial charge in [-0.15, -0.1) is 10.2 Å². The van der Waals surface area contributed by atoms with Crippen LogP contribution in [0.2, 0.25) is 5.02 Å². The van der Waals surface area contributed by atoms with Crippen LogP contribution in [0.3, 0.4) is 0 Å². The predicted molar refractivity (Wildman–Crippen MR) is 103 cm³/mol. The minimum Gasteiger partial charge on any atom is -0.495 e. The topological polar surface area (TPSA) is 69.0 Å². The van der Waals surface area contributed by atoms with Crippen molar-refractivity contribution in [1.82, 2.24) is 14.8 Å². The fourth-order valence-corrected chi connectivity index (χ4v) is 3.35. The van der Waals surface area contributed by atoms with Crippen molar-refractivity contribution >= 4 is 35.0 Å². The average Bonchev–Trinajstić information content (AvgIpc) is 3.09. The highest BCUT2D eigenvalue weighted by molar-refractivity contribution is 8.00. The summed E-state index contributed by atoms with van der Waals surface area (Å²) in [5, 5.41) is 11.7. The fourth-order valence-electron chi connectivity index (χ4n) is 2.32. The monoisotopic (exact) mass is 388 g/mol. The van der Waals surface area contributed by atoms with Crippen LogP contribution in [-0.2, 0) is 4.79 Å². The molecule has 2 aromatic carbocycles. The number of ether oxygens (including phenoxy) is 1. The molecule has 0 spiro atoms. The summed E-state index contributed by atoms with van der Waals surface area (Å²) in [4.78, 5) is 12.5. The summed E-state index contributed by atoms with van der Waals surface area (Å²) in [6.07, 6.45) is 1.60. The molecule has 1 atom stereocenters. The number of amides is 1. The molecule has 1 unspecified atom stereocenters. The van der Waals surface area contributed by atoms with Crippen LogP contribution in [0.4, 0.5) is 5.69 Å². The molecule has 0 aliphatic heterocycles. The summed E-state index contributed by atoms with van der Waals surface area (Å²) in [5.41, 5.74) is 1.46. The molecule has 1 aromatic heterocycles. The van der Waals surface area contributed by atoms with Gasteiger partial charge in [0.2, 0.25) is 5.91 Å². The van der Waals surface area contributed by atoms with Crippen LogP contribution in [0.25, 0.3) is 5.69 Å². The van der Waals surface area contributed by atoms with Crippen LogP contribution < -0.4 is 10.1 Å². The first kappa shape index (κ1) is 18.3. The SMILES string of the molecule is COc1ccccc1-n1cnnc1SC(C)C(=O)Nc1cccc(Cl)c1. The first-order chi connectivity index (χ1) is 12.6. The van der Waals surface area contributed by atoms with E-state index in [1.165, 1.54) is 11.8 Å². The number of hydrogen-bond acceptors (Lipinski definition) is 5. The van der Waals surface area contributed by atoms with E-state index in [0.29, 0.717) is 21.6 Å². The van der Waals surface area contributed by atoms with Gasteiger partial charge in [-0.2, -0.15) is 0 Å². The third-order valence-electron chi connectivity index (χ3n) is 3.60. The van der Waals surface area contributed by atoms with Crippen molar-refractivity contribution in [3.63, 3.8) is 0 Å². The molecule has 1 amide bonds. The second kappa shape index (κ2) is 8.25. The van der Waals surface area contributed by atoms with Gasteiger partial charge in [-0.1, -0.05) is 41.6 Å². The third-order valence-corrected chi connectivity index (χ3v) is 4.90. The Morgan fingerprint density at radius 1 is 1.27 bits per heavy atom. The van der Waals surface area contributed by atoms with Crippen molar-refractivity contribution in [2.24, 2.45) is 0 Å². The molecule has 8 heteroatoms. The van der Waals surface area contributed by atoms with Crippen molar-refractivity contribution in [3.8, 4) is 11.4 Å². The molecular weight excluding hydrogens is 372 g/mol. The van der Waals surface area contributed by atoms with Crippen LogP contribution in [0.15, 0.2) is 60.0 Å². The molecule has 3 rings (SSSR count). The van der Waals surface area contributed by atoms with Gasteiger partial charge >= 0.3 is 0 Å². The van der Waals surface area contributed by atoms with Crippen molar-refractivity contribution in [2.75, 3.05) is 12.4 Å². The molecule has 0 saturated carbocycles. The Balaban J connectivity index is 1.75. The minimum atomic E-state index is -0.383. The lowest BCUT2D eigenvalue weighted by atomic mass is 10.3. The van der Waals surface area contributed by atoms with Crippen LogP contribution in [-0.4, -0.2) is 33.0 Å². The number of para-hydroxylation sites is 2. The van der Waals surface area contributed by atoms with Gasteiger partial charge in [-0.3, -0.25) is 9.36 Å². The predicted octanol–water partition coefficient (Wildman–Crippen LogP) is 4.05. The highest BCUT2D eigenvalue weighted by atomic mass is 35.5. The Bertz CT molecular complexity index is 915. The Morgan fingerprint density at radius 3 is 2.85 bits per heavy atom. The third kappa shape index (κ3) is 4.17. The Morgan fingerprint density at radius 2 is 2.08 bits per heavy atom. The summed E-state index contributed by atoms with van der Waals surface area (Å²) in [5.74, 6) is 0.553. The lowest BCUT2D eigenvalue weighted by molar-refractivity contribution is -0.115. The molecule has 0 fully saturated rings. The summed E-state index contributed by atoms with van der Waals surface area (Å²) in [7, 11) is 1.61. The number of nitrogens with one attached hydrogen (secondary N) is 1. The van der Waals surface area contributed by atoms with E-state index in [1.807, 2.05) is 31.2 Å². The first-order valence-corrected chi connectivity index (χ1v) is 9.10. The molecule has 134 valence electrons. The van der Waals surface area contributed by atoms with Gasteiger partial charge in [0.1, 0.15) is 12.1 Å². The van der Waals surface area contributed by atoms with Gasteiger partial charge in [0.15, 0.2) is 5.16 Å². The number of anilines is 1. The Kier molecular flexibility index (Phi) is 5.80. The number of rotatable bonds is 6. The molecule has 3 aromatic rings. The number of benzene rings is 2. The second-order valence-electron chi connectivity index (χ2n) is 5.42. The Labute approximate surface area is 160 Å². The maximum absolute atomic E-state index is 12.5. The smallest absolute Gasteiger partial charge is 0.237 e. The summed E-state index contributed by atoms with van der Waals surface area (Å²) < 4.78 is 7.19. The zero-order chi connectivity index (χ0) is 18.5. The number of carbonyl (C=O) groups excluding carboxylic acids is 1. The van der Waals surface area contributed by atoms with E-state index in [0.717, 1.165) is 5.69 Å². The zero-order valence-electron chi connectivity index (χ0n) is 14.2. The van der Waals surface area contributed by atoms with Crippen molar-refractivity contribution in [1.29, 1.82) is 0 Å². The zero-order valence-corrected chi connectivity index (χ0v) is 15.8. The van der Waals surface area contributed by atoms with E-state index in [2.05, 4.69) is 15.5 Å². The van der Waals surface area contributed by atoms with Gasteiger partial charge in [-0.25, -0.2) is 0 Å². The van der Waals surface area contributed by atoms with Gasteiger partial charge in [0.25, 0.3) is 0 Å². The minimum absolute atomic E-state index is 0.146. The van der Waals surface area contributed by atoms with E-state index < -0.39 is 0 Å². The number of methoxy groups -OCH3 is 1. The van der Waals surface area contributed by atoms with Gasteiger partial charge in [0, 0.05) is 10.7 Å². The van der Waals surface area contributed by atoms with Crippen LogP contribution in [0, 0.1) is 0 Å². The Hall–Kier alpha value is -2.51. The molecular formula is C18H17ClN4O2S. The van der Waals surface area contributed by atoms with Gasteiger partial charge in [-0.05, 0) is 37.3 Å². The molecule has 1 heterocycles. The standard InChI is InChI=1S/C18H17ClN4O2S/c1-12(17(24)21-14-7-5-6-13(19)10-14)26-18-22-20-11-23(18)15-8-3-4-9-16(15)25-2/h3-12H,1-2H3,(H,21,24). The van der Waals surface area contributed by atoms with Crippen LogP contribution in [0.1, 0.15) is 6.92 Å². The highest BCUT2D eigenvalue weighted by Crippen LogP contribution is 2.29. The first-order valence-electron chi connectivity index (χ1n) is 7.85. The second-order valence-corrected chi connectivity index (χ2v) is 7.16. The normalized spacial score (nSPS) is 11.8. The van der Waals surface area contributed by atoms with Crippen molar-refractivity contribution in [3.05, 3.63) is 59.9 Å².